The zero-order valence-electron chi connectivity index (χ0n) is 10.4. The van der Waals surface area contributed by atoms with Crippen molar-refractivity contribution in [2.45, 2.75) is 47.1 Å². The first-order chi connectivity index (χ1) is 7.10. The van der Waals surface area contributed by atoms with Crippen molar-refractivity contribution in [3.05, 3.63) is 17.0 Å². The highest BCUT2D eigenvalue weighted by Crippen LogP contribution is 2.15. The van der Waals surface area contributed by atoms with Crippen LogP contribution in [-0.4, -0.2) is 16.3 Å². The van der Waals surface area contributed by atoms with Gasteiger partial charge in [-0.1, -0.05) is 20.3 Å². The van der Waals surface area contributed by atoms with Crippen LogP contribution in [-0.2, 0) is 13.0 Å². The zero-order valence-corrected chi connectivity index (χ0v) is 10.4. The summed E-state index contributed by atoms with van der Waals surface area (Å²) < 4.78 is 2.13. The van der Waals surface area contributed by atoms with E-state index in [1.54, 1.807) is 0 Å². The fraction of sp³-hybridized carbons (Fsp3) is 0.750. The summed E-state index contributed by atoms with van der Waals surface area (Å²) in [5.41, 5.74) is 9.36. The quantitative estimate of drug-likeness (QED) is 0.806. The molecular weight excluding hydrogens is 186 g/mol. The van der Waals surface area contributed by atoms with Gasteiger partial charge in [-0.2, -0.15) is 5.10 Å². The van der Waals surface area contributed by atoms with Gasteiger partial charge in [0.05, 0.1) is 5.69 Å². The first kappa shape index (κ1) is 12.2. The summed E-state index contributed by atoms with van der Waals surface area (Å²) in [4.78, 5) is 0. The molecule has 1 aromatic rings. The Kier molecular flexibility index (Phi) is 4.33. The highest BCUT2D eigenvalue weighted by molar-refractivity contribution is 5.24. The fourth-order valence-corrected chi connectivity index (χ4v) is 1.84. The molecule has 3 heteroatoms. The normalized spacial score (nSPS) is 13.1. The summed E-state index contributed by atoms with van der Waals surface area (Å²) >= 11 is 0. The minimum absolute atomic E-state index is 0.689. The Morgan fingerprint density at radius 3 is 2.60 bits per heavy atom. The first-order valence-corrected chi connectivity index (χ1v) is 5.83. The number of nitrogens with two attached hydrogens (primary N) is 1. The number of nitrogens with zero attached hydrogens (tertiary/aromatic N) is 2. The molecule has 0 aliphatic heterocycles. The van der Waals surface area contributed by atoms with Gasteiger partial charge in [-0.25, -0.2) is 0 Å². The maximum Gasteiger partial charge on any atom is 0.0628 e. The topological polar surface area (TPSA) is 43.8 Å². The van der Waals surface area contributed by atoms with Crippen LogP contribution in [0.3, 0.4) is 0 Å². The summed E-state index contributed by atoms with van der Waals surface area (Å²) in [7, 11) is 0. The van der Waals surface area contributed by atoms with Gasteiger partial charge in [0.2, 0.25) is 0 Å². The molecule has 0 amide bonds. The molecule has 0 aliphatic carbocycles. The second-order valence-corrected chi connectivity index (χ2v) is 4.38. The van der Waals surface area contributed by atoms with E-state index in [2.05, 4.69) is 37.5 Å². The van der Waals surface area contributed by atoms with Gasteiger partial charge in [-0.15, -0.1) is 0 Å². The molecule has 0 aliphatic rings. The van der Waals surface area contributed by atoms with Crippen molar-refractivity contribution >= 4 is 0 Å². The van der Waals surface area contributed by atoms with Gasteiger partial charge >= 0.3 is 0 Å². The molecule has 2 N–H and O–H groups in total. The minimum atomic E-state index is 0.689. The largest absolute Gasteiger partial charge is 0.330 e. The molecule has 86 valence electrons. The van der Waals surface area contributed by atoms with E-state index < -0.39 is 0 Å². The van der Waals surface area contributed by atoms with Gasteiger partial charge in [-0.3, -0.25) is 4.68 Å². The van der Waals surface area contributed by atoms with Crippen LogP contribution in [0.2, 0.25) is 0 Å². The Labute approximate surface area is 92.7 Å². The highest BCUT2D eigenvalue weighted by atomic mass is 15.3. The lowest BCUT2D eigenvalue weighted by molar-refractivity contribution is 0.431. The van der Waals surface area contributed by atoms with Gasteiger partial charge in [0, 0.05) is 12.2 Å². The SMILES string of the molecule is CCC(C)Cn1nc(C)c(CCN)c1C. The molecule has 1 rings (SSSR count). The Bertz CT molecular complexity index is 315. The zero-order chi connectivity index (χ0) is 11.4. The molecule has 0 aromatic carbocycles. The standard InChI is InChI=1S/C12H23N3/c1-5-9(2)8-15-11(4)12(6-7-13)10(3)14-15/h9H,5-8,13H2,1-4H3. The Balaban J connectivity index is 2.86. The maximum atomic E-state index is 5.60. The molecule has 0 saturated heterocycles. The predicted octanol–water partition coefficient (Wildman–Crippen LogP) is 2.05. The molecule has 0 bridgehead atoms. The number of aromatic nitrogens is 2. The van der Waals surface area contributed by atoms with Crippen LogP contribution >= 0.6 is 0 Å². The van der Waals surface area contributed by atoms with Gasteiger partial charge in [0.1, 0.15) is 0 Å². The monoisotopic (exact) mass is 209 g/mol. The Morgan fingerprint density at radius 2 is 2.07 bits per heavy atom. The smallest absolute Gasteiger partial charge is 0.0628 e. The van der Waals surface area contributed by atoms with E-state index in [1.807, 2.05) is 0 Å². The molecule has 0 radical (unpaired) electrons. The van der Waals surface area contributed by atoms with Gasteiger partial charge in [0.15, 0.2) is 0 Å². The van der Waals surface area contributed by atoms with E-state index in [4.69, 9.17) is 5.73 Å². The van der Waals surface area contributed by atoms with E-state index in [0.717, 1.165) is 18.7 Å². The summed E-state index contributed by atoms with van der Waals surface area (Å²) in [6.07, 6.45) is 2.14. The second-order valence-electron chi connectivity index (χ2n) is 4.38. The van der Waals surface area contributed by atoms with Gasteiger partial charge < -0.3 is 5.73 Å². The molecule has 3 nitrogen and oxygen atoms in total. The van der Waals surface area contributed by atoms with Crippen LogP contribution < -0.4 is 5.73 Å². The van der Waals surface area contributed by atoms with E-state index in [9.17, 15) is 0 Å². The average molecular weight is 209 g/mol. The number of hydrogen-bond donors (Lipinski definition) is 1. The van der Waals surface area contributed by atoms with Gasteiger partial charge in [-0.05, 0) is 38.3 Å². The van der Waals surface area contributed by atoms with Gasteiger partial charge in [0.25, 0.3) is 0 Å². The molecule has 0 spiro atoms. The molecule has 15 heavy (non-hydrogen) atoms. The number of hydrogen-bond acceptors (Lipinski definition) is 2. The lowest BCUT2D eigenvalue weighted by Gasteiger charge is -2.10. The van der Waals surface area contributed by atoms with Crippen LogP contribution in [0.25, 0.3) is 0 Å². The van der Waals surface area contributed by atoms with E-state index in [0.29, 0.717) is 12.5 Å². The van der Waals surface area contributed by atoms with Crippen LogP contribution in [0.4, 0.5) is 0 Å². The van der Waals surface area contributed by atoms with E-state index in [1.165, 1.54) is 17.7 Å². The lowest BCUT2D eigenvalue weighted by Crippen LogP contribution is -2.10. The lowest BCUT2D eigenvalue weighted by atomic mass is 10.1. The number of aryl methyl sites for hydroxylation is 1. The van der Waals surface area contributed by atoms with Crippen LogP contribution in [0.5, 0.6) is 0 Å². The third-order valence-corrected chi connectivity index (χ3v) is 3.11. The van der Waals surface area contributed by atoms with Crippen LogP contribution in [0.1, 0.15) is 37.2 Å². The summed E-state index contributed by atoms with van der Waals surface area (Å²) in [6.45, 7) is 10.4. The predicted molar refractivity (Wildman–Crippen MR) is 63.9 cm³/mol. The Hall–Kier alpha value is -0.830. The molecule has 0 saturated carbocycles. The maximum absolute atomic E-state index is 5.60. The molecule has 0 fully saturated rings. The summed E-state index contributed by atoms with van der Waals surface area (Å²) in [6, 6.07) is 0. The molecular formula is C12H23N3. The molecule has 1 unspecified atom stereocenters. The average Bonchev–Trinajstić information content (AvgIpc) is 2.46. The fourth-order valence-electron chi connectivity index (χ4n) is 1.84. The van der Waals surface area contributed by atoms with Crippen molar-refractivity contribution in [3.8, 4) is 0 Å². The van der Waals surface area contributed by atoms with E-state index in [-0.39, 0.29) is 0 Å². The third-order valence-electron chi connectivity index (χ3n) is 3.11. The van der Waals surface area contributed by atoms with Crippen LogP contribution in [0.15, 0.2) is 0 Å². The highest BCUT2D eigenvalue weighted by Gasteiger charge is 2.11. The second kappa shape index (κ2) is 5.31. The first-order valence-electron chi connectivity index (χ1n) is 5.83. The molecule has 1 aromatic heterocycles. The summed E-state index contributed by atoms with van der Waals surface area (Å²) in [5.74, 6) is 0.689. The third kappa shape index (κ3) is 2.81. The van der Waals surface area contributed by atoms with Crippen molar-refractivity contribution in [2.24, 2.45) is 11.7 Å². The summed E-state index contributed by atoms with van der Waals surface area (Å²) in [5, 5.41) is 4.58. The van der Waals surface area contributed by atoms with Crippen molar-refractivity contribution in [3.63, 3.8) is 0 Å². The number of rotatable bonds is 5. The minimum Gasteiger partial charge on any atom is -0.330 e. The van der Waals surface area contributed by atoms with Crippen molar-refractivity contribution in [2.75, 3.05) is 6.54 Å². The van der Waals surface area contributed by atoms with Crippen molar-refractivity contribution < 1.29 is 0 Å². The van der Waals surface area contributed by atoms with Crippen molar-refractivity contribution in [1.82, 2.24) is 9.78 Å². The Morgan fingerprint density at radius 1 is 1.40 bits per heavy atom. The van der Waals surface area contributed by atoms with E-state index >= 15 is 0 Å². The molecule has 1 heterocycles. The van der Waals surface area contributed by atoms with Crippen molar-refractivity contribution in [1.29, 1.82) is 0 Å². The van der Waals surface area contributed by atoms with Crippen LogP contribution in [0, 0.1) is 19.8 Å². The molecule has 1 atom stereocenters.